The summed E-state index contributed by atoms with van der Waals surface area (Å²) >= 11 is -0.171. The van der Waals surface area contributed by atoms with E-state index in [1.54, 1.807) is 0 Å². The second-order valence-electron chi connectivity index (χ2n) is 11.1. The van der Waals surface area contributed by atoms with Gasteiger partial charge in [-0.3, -0.25) is 0 Å². The van der Waals surface area contributed by atoms with Gasteiger partial charge in [0.05, 0.1) is 0 Å². The van der Waals surface area contributed by atoms with Crippen molar-refractivity contribution in [2.45, 2.75) is 142 Å². The zero-order valence-electron chi connectivity index (χ0n) is 22.7. The van der Waals surface area contributed by atoms with Gasteiger partial charge in [-0.1, -0.05) is 104 Å². The van der Waals surface area contributed by atoms with Gasteiger partial charge in [-0.25, -0.2) is 0 Å². The van der Waals surface area contributed by atoms with Crippen LogP contribution < -0.4 is 10.2 Å². The van der Waals surface area contributed by atoms with E-state index in [4.69, 9.17) is 0 Å². The van der Waals surface area contributed by atoms with E-state index >= 15 is 0 Å². The molecule has 0 heterocycles. The number of unbranched alkanes of at least 4 members (excludes halogenated alkanes) is 4. The number of hydrogen-bond acceptors (Lipinski definition) is 4. The van der Waals surface area contributed by atoms with E-state index in [1.165, 1.54) is 28.7 Å². The van der Waals surface area contributed by atoms with Crippen molar-refractivity contribution in [3.63, 3.8) is 0 Å². The third-order valence-electron chi connectivity index (χ3n) is 5.35. The number of carboxylic acid groups (broad SMARTS) is 2. The van der Waals surface area contributed by atoms with Crippen molar-refractivity contribution in [2.24, 2.45) is 10.8 Å². The van der Waals surface area contributed by atoms with Crippen molar-refractivity contribution in [1.29, 1.82) is 0 Å². The summed E-state index contributed by atoms with van der Waals surface area (Å²) in [5.41, 5.74) is 0.753. The van der Waals surface area contributed by atoms with Gasteiger partial charge in [0.1, 0.15) is 0 Å². The van der Waals surface area contributed by atoms with E-state index in [2.05, 4.69) is 62.3 Å². The van der Waals surface area contributed by atoms with E-state index in [9.17, 15) is 19.8 Å². The summed E-state index contributed by atoms with van der Waals surface area (Å²) in [6, 6.07) is 0. The Morgan fingerprint density at radius 2 is 0.875 bits per heavy atom. The first kappa shape index (κ1) is 39.2. The number of carboxylic acids is 2. The molecule has 0 aliphatic heterocycles. The van der Waals surface area contributed by atoms with Crippen LogP contribution in [-0.2, 0) is 26.4 Å². The van der Waals surface area contributed by atoms with Gasteiger partial charge in [-0.15, -0.1) is 0 Å². The summed E-state index contributed by atoms with van der Waals surface area (Å²) in [4.78, 5) is 20.1. The molecule has 0 aliphatic carbocycles. The number of carbonyl (C=O) groups is 2. The molecule has 0 bridgehead atoms. The van der Waals surface area contributed by atoms with Gasteiger partial charge in [-0.05, 0) is 49.4 Å². The Kier molecular flexibility index (Phi) is 29.5. The molecule has 0 aromatic carbocycles. The van der Waals surface area contributed by atoms with Crippen LogP contribution in [0.5, 0.6) is 0 Å². The van der Waals surface area contributed by atoms with Crippen molar-refractivity contribution >= 4 is 26.1 Å². The second-order valence-corrected chi connectivity index (χ2v) is 15.3. The van der Waals surface area contributed by atoms with Gasteiger partial charge in [0.2, 0.25) is 0 Å². The third kappa shape index (κ3) is 43.8. The van der Waals surface area contributed by atoms with E-state index in [0.29, 0.717) is 10.8 Å². The molecule has 0 saturated carbocycles. The minimum atomic E-state index is -0.925. The smallest absolute Gasteiger partial charge is 0.550 e. The molecular formula is C26H53AlCoO4. The average molecular weight is 516 g/mol. The Labute approximate surface area is 215 Å². The van der Waals surface area contributed by atoms with Crippen molar-refractivity contribution < 1.29 is 36.6 Å². The first-order valence-electron chi connectivity index (χ1n) is 12.6. The summed E-state index contributed by atoms with van der Waals surface area (Å²) in [6.07, 6.45) is 8.54. The van der Waals surface area contributed by atoms with Crippen LogP contribution in [0.15, 0.2) is 0 Å². The predicted octanol–water partition coefficient (Wildman–Crippen LogP) is 6.00. The maximum atomic E-state index is 10.0. The van der Waals surface area contributed by atoms with Gasteiger partial charge in [-0.2, -0.15) is 0 Å². The fourth-order valence-corrected chi connectivity index (χ4v) is 4.80. The molecule has 0 unspecified atom stereocenters. The van der Waals surface area contributed by atoms with Gasteiger partial charge >= 0.3 is 16.8 Å². The largest absolute Gasteiger partial charge is 2.00 e. The number of aliphatic carboxylic acids is 2. The van der Waals surface area contributed by atoms with Gasteiger partial charge in [0, 0.05) is 11.9 Å². The first-order valence-corrected chi connectivity index (χ1v) is 15.0. The van der Waals surface area contributed by atoms with Gasteiger partial charge in [0.25, 0.3) is 14.1 Å². The number of hydrogen-bond donors (Lipinski definition) is 0. The zero-order valence-corrected chi connectivity index (χ0v) is 24.9. The fraction of sp³-hybridized carbons (Fsp3) is 0.923. The van der Waals surface area contributed by atoms with E-state index in [1.807, 2.05) is 0 Å². The summed E-state index contributed by atoms with van der Waals surface area (Å²) in [6.45, 7) is 20.2. The molecule has 32 heavy (non-hydrogen) atoms. The quantitative estimate of drug-likeness (QED) is 0.222. The van der Waals surface area contributed by atoms with Crippen LogP contribution in [0.2, 0.25) is 15.8 Å². The molecule has 0 rings (SSSR count). The van der Waals surface area contributed by atoms with Gasteiger partial charge in [0.15, 0.2) is 0 Å². The molecule has 0 aromatic heterocycles. The van der Waals surface area contributed by atoms with Crippen molar-refractivity contribution in [3.8, 4) is 0 Å². The molecule has 1 radical (unpaired) electrons. The normalized spacial score (nSPS) is 10.7. The molecule has 0 spiro atoms. The van der Waals surface area contributed by atoms with Crippen LogP contribution >= 0.6 is 0 Å². The first-order chi connectivity index (χ1) is 14.2. The molecular weight excluding hydrogens is 462 g/mol. The SMILES string of the molecule is CC(C)(C)CCCCCC(=O)[O-].CC(C)(C)CCCCCC(=O)[O-].C[CH2][Al]([CH2]C)[CH2]C.[Co+2]. The summed E-state index contributed by atoms with van der Waals surface area (Å²) in [5, 5.41) is 24.6. The number of rotatable bonds is 13. The minimum Gasteiger partial charge on any atom is -0.550 e. The molecule has 0 fully saturated rings. The van der Waals surface area contributed by atoms with Crippen LogP contribution in [0.1, 0.15) is 127 Å². The number of carbonyl (C=O) groups excluding carboxylic acids is 2. The zero-order chi connectivity index (χ0) is 24.9. The molecule has 0 saturated heterocycles. The standard InChI is InChI=1S/2C10H20O2.3C2H5.Al.Co/c2*1-10(2,3)8-6-4-5-7-9(11)12;3*1-2;;/h2*4-8H2,1-3H3,(H,11,12);3*1H2,2H3;;/q;;;;;;+2/p-2. The maximum absolute atomic E-state index is 10.0. The monoisotopic (exact) mass is 515 g/mol. The molecule has 0 atom stereocenters. The van der Waals surface area contributed by atoms with Crippen molar-refractivity contribution in [1.82, 2.24) is 0 Å². The van der Waals surface area contributed by atoms with E-state index in [-0.39, 0.29) is 43.8 Å². The molecule has 4 nitrogen and oxygen atoms in total. The Bertz CT molecular complexity index is 385. The van der Waals surface area contributed by atoms with Crippen LogP contribution in [0.3, 0.4) is 0 Å². The van der Waals surface area contributed by atoms with E-state index < -0.39 is 11.9 Å². The maximum Gasteiger partial charge on any atom is 2.00 e. The van der Waals surface area contributed by atoms with Crippen molar-refractivity contribution in [2.75, 3.05) is 0 Å². The average Bonchev–Trinajstić information content (AvgIpc) is 2.61. The summed E-state index contributed by atoms with van der Waals surface area (Å²) in [5.74, 6) is -1.85. The minimum absolute atomic E-state index is 0. The fourth-order valence-electron chi connectivity index (χ4n) is 3.07. The van der Waals surface area contributed by atoms with Crippen LogP contribution in [-0.4, -0.2) is 26.1 Å². The Morgan fingerprint density at radius 1 is 0.594 bits per heavy atom. The topological polar surface area (TPSA) is 80.3 Å². The molecule has 193 valence electrons. The Balaban J connectivity index is -0.000000188. The molecule has 0 aromatic rings. The second kappa shape index (κ2) is 24.1. The summed E-state index contributed by atoms with van der Waals surface area (Å²) in [7, 11) is 0. The van der Waals surface area contributed by atoms with Gasteiger partial charge < -0.3 is 19.8 Å². The van der Waals surface area contributed by atoms with Crippen molar-refractivity contribution in [3.05, 3.63) is 0 Å². The van der Waals surface area contributed by atoms with Crippen LogP contribution in [0.25, 0.3) is 0 Å². The molecule has 0 aliphatic rings. The van der Waals surface area contributed by atoms with Crippen LogP contribution in [0.4, 0.5) is 0 Å². The third-order valence-corrected chi connectivity index (χ3v) is 8.81. The molecule has 0 amide bonds. The Morgan fingerprint density at radius 3 is 1.03 bits per heavy atom. The van der Waals surface area contributed by atoms with E-state index in [0.717, 1.165) is 38.5 Å². The van der Waals surface area contributed by atoms with Crippen LogP contribution in [0, 0.1) is 10.8 Å². The molecule has 6 heteroatoms. The predicted molar refractivity (Wildman–Crippen MR) is 132 cm³/mol. The molecule has 0 N–H and O–H groups in total. The Hall–Kier alpha value is -0.0210. The summed E-state index contributed by atoms with van der Waals surface area (Å²) < 4.78 is 0.